The molecule has 0 aromatic heterocycles. The van der Waals surface area contributed by atoms with E-state index in [0.717, 1.165) is 0 Å². The topological polar surface area (TPSA) is 3.24 Å². The monoisotopic (exact) mass is 397 g/mol. The van der Waals surface area contributed by atoms with Crippen LogP contribution in [0.2, 0.25) is 0 Å². The first-order valence-electron chi connectivity index (χ1n) is 9.36. The SMILES string of the molecule is CN1c2ccccc2Sc2cc(P(c3ccccc3)c3ccccc3)ccc21. The van der Waals surface area contributed by atoms with Crippen LogP contribution < -0.4 is 20.8 Å². The Kier molecular flexibility index (Phi) is 4.68. The van der Waals surface area contributed by atoms with Crippen molar-refractivity contribution < 1.29 is 0 Å². The van der Waals surface area contributed by atoms with E-state index in [9.17, 15) is 0 Å². The molecular weight excluding hydrogens is 377 g/mol. The summed E-state index contributed by atoms with van der Waals surface area (Å²) in [5, 5.41) is 4.17. The van der Waals surface area contributed by atoms with E-state index in [1.165, 1.54) is 37.1 Å². The van der Waals surface area contributed by atoms with Gasteiger partial charge in [0.05, 0.1) is 11.4 Å². The molecule has 4 aromatic carbocycles. The minimum Gasteiger partial charge on any atom is -0.343 e. The Morgan fingerprint density at radius 3 is 1.82 bits per heavy atom. The standard InChI is InChI=1S/C25H20NPS/c1-26-22-14-8-9-15-24(22)28-25-18-21(16-17-23(25)26)27(19-10-4-2-5-11-19)20-12-6-3-7-13-20/h2-18H,1H3. The fourth-order valence-corrected chi connectivity index (χ4v) is 7.26. The number of anilines is 2. The molecule has 0 radical (unpaired) electrons. The van der Waals surface area contributed by atoms with E-state index in [2.05, 4.69) is 115 Å². The summed E-state index contributed by atoms with van der Waals surface area (Å²) < 4.78 is 0. The molecule has 1 aliphatic rings. The smallest absolute Gasteiger partial charge is 0.0550 e. The molecule has 5 rings (SSSR count). The number of benzene rings is 4. The molecule has 1 heterocycles. The van der Waals surface area contributed by atoms with Gasteiger partial charge in [-0.3, -0.25) is 0 Å². The van der Waals surface area contributed by atoms with Gasteiger partial charge in [0.25, 0.3) is 0 Å². The fourth-order valence-electron chi connectivity index (χ4n) is 3.67. The summed E-state index contributed by atoms with van der Waals surface area (Å²) >= 11 is 1.88. The number of hydrogen-bond acceptors (Lipinski definition) is 2. The molecule has 4 aromatic rings. The van der Waals surface area contributed by atoms with Gasteiger partial charge in [-0.1, -0.05) is 90.6 Å². The van der Waals surface area contributed by atoms with Crippen molar-refractivity contribution in [2.24, 2.45) is 0 Å². The second kappa shape index (κ2) is 7.47. The second-order valence-corrected chi connectivity index (χ2v) is 10.1. The van der Waals surface area contributed by atoms with Gasteiger partial charge in [0, 0.05) is 16.8 Å². The first-order chi connectivity index (χ1) is 13.8. The number of rotatable bonds is 3. The van der Waals surface area contributed by atoms with Crippen LogP contribution in [0.15, 0.2) is 113 Å². The van der Waals surface area contributed by atoms with E-state index in [1.54, 1.807) is 0 Å². The van der Waals surface area contributed by atoms with Crippen LogP contribution in [-0.4, -0.2) is 7.05 Å². The number of para-hydroxylation sites is 1. The molecule has 0 spiro atoms. The Morgan fingerprint density at radius 1 is 0.571 bits per heavy atom. The molecule has 0 unspecified atom stereocenters. The molecule has 1 nitrogen and oxygen atoms in total. The highest BCUT2D eigenvalue weighted by Crippen LogP contribution is 2.48. The summed E-state index contributed by atoms with van der Waals surface area (Å²) in [6, 6.07) is 37.4. The molecule has 0 saturated carbocycles. The average molecular weight is 397 g/mol. The molecule has 0 saturated heterocycles. The predicted octanol–water partition coefficient (Wildman–Crippen LogP) is 5.68. The van der Waals surface area contributed by atoms with Crippen LogP contribution in [0.1, 0.15) is 0 Å². The highest BCUT2D eigenvalue weighted by Gasteiger charge is 2.23. The first kappa shape index (κ1) is 17.6. The largest absolute Gasteiger partial charge is 0.343 e. The van der Waals surface area contributed by atoms with Crippen LogP contribution in [0.4, 0.5) is 11.4 Å². The maximum Gasteiger partial charge on any atom is 0.0550 e. The minimum atomic E-state index is -0.575. The van der Waals surface area contributed by atoms with Crippen molar-refractivity contribution in [1.29, 1.82) is 0 Å². The van der Waals surface area contributed by atoms with Gasteiger partial charge in [-0.2, -0.15) is 0 Å². The van der Waals surface area contributed by atoms with Gasteiger partial charge in [0.15, 0.2) is 0 Å². The van der Waals surface area contributed by atoms with Crippen molar-refractivity contribution in [3.05, 3.63) is 103 Å². The molecular formula is C25H20NPS. The third kappa shape index (κ3) is 3.13. The zero-order chi connectivity index (χ0) is 18.9. The third-order valence-corrected chi connectivity index (χ3v) is 8.57. The maximum absolute atomic E-state index is 2.40. The van der Waals surface area contributed by atoms with Crippen molar-refractivity contribution in [3.8, 4) is 0 Å². The quantitative estimate of drug-likeness (QED) is 0.409. The van der Waals surface area contributed by atoms with Crippen LogP contribution in [0.5, 0.6) is 0 Å². The minimum absolute atomic E-state index is 0.575. The van der Waals surface area contributed by atoms with Crippen LogP contribution in [0.25, 0.3) is 0 Å². The summed E-state index contributed by atoms with van der Waals surface area (Å²) in [5.74, 6) is 0. The first-order valence-corrected chi connectivity index (χ1v) is 11.5. The third-order valence-electron chi connectivity index (χ3n) is 5.04. The second-order valence-electron chi connectivity index (χ2n) is 6.79. The normalized spacial score (nSPS) is 12.6. The predicted molar refractivity (Wildman–Crippen MR) is 124 cm³/mol. The van der Waals surface area contributed by atoms with Crippen molar-refractivity contribution in [2.45, 2.75) is 9.79 Å². The number of hydrogen-bond donors (Lipinski definition) is 0. The Labute approximate surface area is 171 Å². The lowest BCUT2D eigenvalue weighted by Gasteiger charge is -2.30. The van der Waals surface area contributed by atoms with Gasteiger partial charge in [-0.05, 0) is 48.1 Å². The van der Waals surface area contributed by atoms with E-state index in [4.69, 9.17) is 0 Å². The maximum atomic E-state index is 2.40. The summed E-state index contributed by atoms with van der Waals surface area (Å²) in [5.41, 5.74) is 2.56. The van der Waals surface area contributed by atoms with E-state index in [-0.39, 0.29) is 0 Å². The zero-order valence-electron chi connectivity index (χ0n) is 15.6. The molecule has 0 atom stereocenters. The van der Waals surface area contributed by atoms with Crippen LogP contribution in [-0.2, 0) is 0 Å². The lowest BCUT2D eigenvalue weighted by Crippen LogP contribution is -2.22. The summed E-state index contributed by atoms with van der Waals surface area (Å²) in [4.78, 5) is 4.95. The molecule has 0 amide bonds. The fraction of sp³-hybridized carbons (Fsp3) is 0.0400. The molecule has 0 fully saturated rings. The van der Waals surface area contributed by atoms with Crippen molar-refractivity contribution >= 4 is 47.0 Å². The van der Waals surface area contributed by atoms with Gasteiger partial charge < -0.3 is 4.90 Å². The van der Waals surface area contributed by atoms with Crippen molar-refractivity contribution in [1.82, 2.24) is 0 Å². The Hall–Kier alpha value is -2.54. The van der Waals surface area contributed by atoms with Crippen LogP contribution in [0.3, 0.4) is 0 Å². The van der Waals surface area contributed by atoms with Crippen LogP contribution in [0, 0.1) is 0 Å². The van der Waals surface area contributed by atoms with E-state index >= 15 is 0 Å². The van der Waals surface area contributed by atoms with Gasteiger partial charge in [-0.15, -0.1) is 0 Å². The molecule has 0 aliphatic carbocycles. The Balaban J connectivity index is 1.62. The molecule has 0 bridgehead atoms. The van der Waals surface area contributed by atoms with Gasteiger partial charge in [-0.25, -0.2) is 0 Å². The summed E-state index contributed by atoms with van der Waals surface area (Å²) in [6.45, 7) is 0. The van der Waals surface area contributed by atoms with Gasteiger partial charge >= 0.3 is 0 Å². The lowest BCUT2D eigenvalue weighted by atomic mass is 10.2. The zero-order valence-corrected chi connectivity index (χ0v) is 17.3. The molecule has 136 valence electrons. The van der Waals surface area contributed by atoms with E-state index in [1.807, 2.05) is 11.8 Å². The Bertz CT molecular complexity index is 1070. The number of nitrogens with zero attached hydrogens (tertiary/aromatic N) is 1. The number of fused-ring (bicyclic) bond motifs is 2. The van der Waals surface area contributed by atoms with Gasteiger partial charge in [0.2, 0.25) is 0 Å². The summed E-state index contributed by atoms with van der Waals surface area (Å²) in [6.07, 6.45) is 0. The molecule has 3 heteroatoms. The lowest BCUT2D eigenvalue weighted by molar-refractivity contribution is 1.11. The van der Waals surface area contributed by atoms with Crippen molar-refractivity contribution in [2.75, 3.05) is 11.9 Å². The molecule has 28 heavy (non-hydrogen) atoms. The van der Waals surface area contributed by atoms with E-state index < -0.39 is 7.92 Å². The molecule has 0 N–H and O–H groups in total. The average Bonchev–Trinajstić information content (AvgIpc) is 2.76. The van der Waals surface area contributed by atoms with E-state index in [0.29, 0.717) is 0 Å². The van der Waals surface area contributed by atoms with Crippen LogP contribution >= 0.6 is 19.7 Å². The van der Waals surface area contributed by atoms with Crippen molar-refractivity contribution in [3.63, 3.8) is 0 Å². The molecule has 1 aliphatic heterocycles. The van der Waals surface area contributed by atoms with Gasteiger partial charge in [0.1, 0.15) is 0 Å². The highest BCUT2D eigenvalue weighted by atomic mass is 32.2. The Morgan fingerprint density at radius 2 is 1.14 bits per heavy atom. The highest BCUT2D eigenvalue weighted by molar-refractivity contribution is 7.99. The summed E-state index contributed by atoms with van der Waals surface area (Å²) in [7, 11) is 1.59.